The quantitative estimate of drug-likeness (QED) is 0.890. The zero-order valence-electron chi connectivity index (χ0n) is 12.5. The van der Waals surface area contributed by atoms with Crippen molar-refractivity contribution in [3.05, 3.63) is 46.1 Å². The Kier molecular flexibility index (Phi) is 4.04. The standard InChI is InChI=1S/C15H19N5O2/c1-10-2-7-14(21)20(19-10)13-5-3-12(4-6-13)18-15(22)11-8-16-17-9-11/h2,7-9,12-13H,3-6H2,1H3,(H,16,17)(H,18,22). The lowest BCUT2D eigenvalue weighted by Crippen LogP contribution is -2.39. The molecule has 2 aromatic rings. The lowest BCUT2D eigenvalue weighted by Gasteiger charge is -2.29. The Morgan fingerprint density at radius 2 is 2.09 bits per heavy atom. The maximum atomic E-state index is 12.0. The van der Waals surface area contributed by atoms with Gasteiger partial charge < -0.3 is 5.32 Å². The first-order chi connectivity index (χ1) is 10.6. The van der Waals surface area contributed by atoms with Gasteiger partial charge in [0.2, 0.25) is 0 Å². The summed E-state index contributed by atoms with van der Waals surface area (Å²) in [5.41, 5.74) is 1.32. The molecule has 1 amide bonds. The first-order valence-corrected chi connectivity index (χ1v) is 7.49. The molecule has 1 saturated carbocycles. The molecule has 0 unspecified atom stereocenters. The van der Waals surface area contributed by atoms with Crippen molar-refractivity contribution in [3.63, 3.8) is 0 Å². The van der Waals surface area contributed by atoms with Crippen LogP contribution in [0.3, 0.4) is 0 Å². The third-order valence-corrected chi connectivity index (χ3v) is 4.10. The van der Waals surface area contributed by atoms with E-state index in [0.717, 1.165) is 31.4 Å². The Bertz CT molecular complexity index is 699. The van der Waals surface area contributed by atoms with Gasteiger partial charge in [-0.3, -0.25) is 14.7 Å². The van der Waals surface area contributed by atoms with Crippen LogP contribution in [0.25, 0.3) is 0 Å². The zero-order valence-corrected chi connectivity index (χ0v) is 12.5. The van der Waals surface area contributed by atoms with E-state index < -0.39 is 0 Å². The predicted molar refractivity (Wildman–Crippen MR) is 80.6 cm³/mol. The molecule has 0 radical (unpaired) electrons. The number of aromatic amines is 1. The number of rotatable bonds is 3. The molecule has 2 N–H and O–H groups in total. The zero-order chi connectivity index (χ0) is 15.5. The van der Waals surface area contributed by atoms with Gasteiger partial charge in [-0.05, 0) is 38.7 Å². The molecule has 7 heteroatoms. The van der Waals surface area contributed by atoms with Crippen molar-refractivity contribution in [2.45, 2.75) is 44.7 Å². The average Bonchev–Trinajstić information content (AvgIpc) is 3.05. The number of nitrogens with one attached hydrogen (secondary N) is 2. The predicted octanol–water partition coefficient (Wildman–Crippen LogP) is 1.19. The molecule has 0 spiro atoms. The Labute approximate surface area is 127 Å². The first kappa shape index (κ1) is 14.5. The summed E-state index contributed by atoms with van der Waals surface area (Å²) in [5.74, 6) is -0.108. The molecular formula is C15H19N5O2. The van der Waals surface area contributed by atoms with E-state index in [0.29, 0.717) is 5.56 Å². The van der Waals surface area contributed by atoms with Gasteiger partial charge in [0.05, 0.1) is 23.5 Å². The highest BCUT2D eigenvalue weighted by atomic mass is 16.2. The van der Waals surface area contributed by atoms with Crippen LogP contribution in [-0.4, -0.2) is 31.9 Å². The Morgan fingerprint density at radius 3 is 2.77 bits per heavy atom. The van der Waals surface area contributed by atoms with Crippen LogP contribution in [0, 0.1) is 6.92 Å². The highest BCUT2D eigenvalue weighted by molar-refractivity contribution is 5.93. The number of nitrogens with zero attached hydrogens (tertiary/aromatic N) is 3. The van der Waals surface area contributed by atoms with E-state index in [4.69, 9.17) is 0 Å². The molecule has 0 atom stereocenters. The van der Waals surface area contributed by atoms with E-state index in [1.165, 1.54) is 6.20 Å². The minimum absolute atomic E-state index is 0.0588. The summed E-state index contributed by atoms with van der Waals surface area (Å²) >= 11 is 0. The minimum atomic E-state index is -0.108. The van der Waals surface area contributed by atoms with Gasteiger partial charge in [-0.25, -0.2) is 4.68 Å². The fraction of sp³-hybridized carbons (Fsp3) is 0.467. The number of aromatic nitrogens is 4. The number of hydrogen-bond donors (Lipinski definition) is 2. The molecule has 3 rings (SSSR count). The van der Waals surface area contributed by atoms with Gasteiger partial charge >= 0.3 is 0 Å². The second kappa shape index (κ2) is 6.13. The normalized spacial score (nSPS) is 21.5. The molecule has 1 aliphatic rings. The summed E-state index contributed by atoms with van der Waals surface area (Å²) in [6, 6.07) is 3.55. The molecule has 0 aliphatic heterocycles. The van der Waals surface area contributed by atoms with E-state index >= 15 is 0 Å². The molecule has 0 saturated heterocycles. The summed E-state index contributed by atoms with van der Waals surface area (Å²) < 4.78 is 1.59. The van der Waals surface area contributed by atoms with Crippen molar-refractivity contribution < 1.29 is 4.79 Å². The average molecular weight is 301 g/mol. The lowest BCUT2D eigenvalue weighted by molar-refractivity contribution is 0.0921. The van der Waals surface area contributed by atoms with Gasteiger partial charge in [0.1, 0.15) is 0 Å². The summed E-state index contributed by atoms with van der Waals surface area (Å²) in [5, 5.41) is 13.7. The van der Waals surface area contributed by atoms with Gasteiger partial charge in [-0.1, -0.05) is 0 Å². The number of carbonyl (C=O) groups is 1. The molecule has 22 heavy (non-hydrogen) atoms. The number of H-pyrrole nitrogens is 1. The fourth-order valence-electron chi connectivity index (χ4n) is 2.89. The van der Waals surface area contributed by atoms with Gasteiger partial charge in [-0.2, -0.15) is 10.2 Å². The topological polar surface area (TPSA) is 92.7 Å². The Balaban J connectivity index is 1.59. The Morgan fingerprint density at radius 1 is 1.32 bits per heavy atom. The van der Waals surface area contributed by atoms with Crippen LogP contribution in [-0.2, 0) is 0 Å². The number of aryl methyl sites for hydroxylation is 1. The van der Waals surface area contributed by atoms with Crippen LogP contribution in [0.5, 0.6) is 0 Å². The molecule has 0 bridgehead atoms. The maximum absolute atomic E-state index is 12.0. The first-order valence-electron chi connectivity index (χ1n) is 7.49. The summed E-state index contributed by atoms with van der Waals surface area (Å²) in [7, 11) is 0. The van der Waals surface area contributed by atoms with Crippen LogP contribution in [0.4, 0.5) is 0 Å². The smallest absolute Gasteiger partial charge is 0.267 e. The highest BCUT2D eigenvalue weighted by Gasteiger charge is 2.25. The third kappa shape index (κ3) is 3.08. The molecule has 116 valence electrons. The molecule has 0 aromatic carbocycles. The number of carbonyl (C=O) groups excluding carboxylic acids is 1. The van der Waals surface area contributed by atoms with E-state index in [2.05, 4.69) is 20.6 Å². The maximum Gasteiger partial charge on any atom is 0.267 e. The largest absolute Gasteiger partial charge is 0.349 e. The fourth-order valence-corrected chi connectivity index (χ4v) is 2.89. The molecule has 7 nitrogen and oxygen atoms in total. The lowest BCUT2D eigenvalue weighted by atomic mass is 9.91. The van der Waals surface area contributed by atoms with E-state index in [1.54, 1.807) is 23.0 Å². The number of amides is 1. The number of hydrogen-bond acceptors (Lipinski definition) is 4. The van der Waals surface area contributed by atoms with Crippen molar-refractivity contribution in [2.24, 2.45) is 0 Å². The van der Waals surface area contributed by atoms with Crippen molar-refractivity contribution in [1.29, 1.82) is 0 Å². The Hall–Kier alpha value is -2.44. The van der Waals surface area contributed by atoms with E-state index in [1.807, 2.05) is 6.92 Å². The molecule has 2 aromatic heterocycles. The summed E-state index contributed by atoms with van der Waals surface area (Å²) in [4.78, 5) is 23.9. The van der Waals surface area contributed by atoms with Gasteiger partial charge in [-0.15, -0.1) is 0 Å². The minimum Gasteiger partial charge on any atom is -0.349 e. The van der Waals surface area contributed by atoms with Gasteiger partial charge in [0, 0.05) is 18.3 Å². The molecule has 1 fully saturated rings. The second-order valence-electron chi connectivity index (χ2n) is 5.72. The van der Waals surface area contributed by atoms with E-state index in [9.17, 15) is 9.59 Å². The third-order valence-electron chi connectivity index (χ3n) is 4.10. The van der Waals surface area contributed by atoms with Crippen molar-refractivity contribution >= 4 is 5.91 Å². The monoisotopic (exact) mass is 301 g/mol. The van der Waals surface area contributed by atoms with Crippen LogP contribution < -0.4 is 10.9 Å². The second-order valence-corrected chi connectivity index (χ2v) is 5.72. The van der Waals surface area contributed by atoms with Crippen LogP contribution in [0.2, 0.25) is 0 Å². The SMILES string of the molecule is Cc1ccc(=O)n(C2CCC(NC(=O)c3cn[nH]c3)CC2)n1. The van der Waals surface area contributed by atoms with Crippen molar-refractivity contribution in [1.82, 2.24) is 25.3 Å². The van der Waals surface area contributed by atoms with Gasteiger partial charge in [0.15, 0.2) is 0 Å². The molecular weight excluding hydrogens is 282 g/mol. The summed E-state index contributed by atoms with van der Waals surface area (Å²) in [6.07, 6.45) is 6.46. The van der Waals surface area contributed by atoms with Crippen LogP contribution in [0.1, 0.15) is 47.8 Å². The van der Waals surface area contributed by atoms with Gasteiger partial charge in [0.25, 0.3) is 11.5 Å². The molecule has 2 heterocycles. The van der Waals surface area contributed by atoms with Crippen LogP contribution >= 0.6 is 0 Å². The van der Waals surface area contributed by atoms with E-state index in [-0.39, 0.29) is 23.6 Å². The van der Waals surface area contributed by atoms with Crippen LogP contribution in [0.15, 0.2) is 29.3 Å². The molecule has 1 aliphatic carbocycles. The highest BCUT2D eigenvalue weighted by Crippen LogP contribution is 2.27. The van der Waals surface area contributed by atoms with Crippen molar-refractivity contribution in [2.75, 3.05) is 0 Å². The summed E-state index contributed by atoms with van der Waals surface area (Å²) in [6.45, 7) is 1.88. The van der Waals surface area contributed by atoms with Crippen molar-refractivity contribution in [3.8, 4) is 0 Å².